The van der Waals surface area contributed by atoms with Crippen molar-refractivity contribution in [3.63, 3.8) is 0 Å². The van der Waals surface area contributed by atoms with Gasteiger partial charge in [-0.1, -0.05) is 6.92 Å². The van der Waals surface area contributed by atoms with Crippen LogP contribution in [0.4, 0.5) is 5.69 Å². The second-order valence-electron chi connectivity index (χ2n) is 3.32. The van der Waals surface area contributed by atoms with E-state index in [9.17, 15) is 9.90 Å². The lowest BCUT2D eigenvalue weighted by Crippen LogP contribution is -2.03. The number of phenols is 1. The molecule has 0 saturated carbocycles. The number of rotatable bonds is 3. The SMILES string of the molecule is CC(CC(=O)O)c1cc(N)ccc1O. The number of benzene rings is 1. The highest BCUT2D eigenvalue weighted by Crippen LogP contribution is 2.29. The summed E-state index contributed by atoms with van der Waals surface area (Å²) in [6.45, 7) is 1.74. The van der Waals surface area contributed by atoms with Crippen LogP contribution in [0.25, 0.3) is 0 Å². The Balaban J connectivity index is 2.93. The summed E-state index contributed by atoms with van der Waals surface area (Å²) in [5, 5.41) is 18.1. The van der Waals surface area contributed by atoms with E-state index in [1.807, 2.05) is 0 Å². The van der Waals surface area contributed by atoms with Crippen LogP contribution in [0.3, 0.4) is 0 Å². The van der Waals surface area contributed by atoms with Gasteiger partial charge in [0.25, 0.3) is 0 Å². The van der Waals surface area contributed by atoms with Gasteiger partial charge in [-0.3, -0.25) is 4.79 Å². The van der Waals surface area contributed by atoms with Gasteiger partial charge in [0.15, 0.2) is 0 Å². The van der Waals surface area contributed by atoms with Gasteiger partial charge in [0.05, 0.1) is 6.42 Å². The minimum absolute atomic E-state index is 0.0169. The number of anilines is 1. The lowest BCUT2D eigenvalue weighted by Gasteiger charge is -2.11. The minimum Gasteiger partial charge on any atom is -0.508 e. The predicted molar refractivity (Wildman–Crippen MR) is 53.2 cm³/mol. The number of phenolic OH excluding ortho intramolecular Hbond substituents is 1. The third-order valence-electron chi connectivity index (χ3n) is 2.06. The molecule has 0 aromatic heterocycles. The standard InChI is InChI=1S/C10H13NO3/c1-6(4-10(13)14)8-5-7(11)2-3-9(8)12/h2-3,5-6,12H,4,11H2,1H3,(H,13,14). The Hall–Kier alpha value is -1.71. The first-order valence-corrected chi connectivity index (χ1v) is 4.31. The number of nitrogens with two attached hydrogens (primary N) is 1. The average Bonchev–Trinajstić information content (AvgIpc) is 2.08. The summed E-state index contributed by atoms with van der Waals surface area (Å²) >= 11 is 0. The van der Waals surface area contributed by atoms with Crippen LogP contribution in [0.5, 0.6) is 5.75 Å². The van der Waals surface area contributed by atoms with Crippen molar-refractivity contribution in [2.75, 3.05) is 5.73 Å². The molecule has 4 heteroatoms. The molecule has 1 rings (SSSR count). The Morgan fingerprint density at radius 3 is 2.79 bits per heavy atom. The molecule has 0 spiro atoms. The van der Waals surface area contributed by atoms with Crippen LogP contribution >= 0.6 is 0 Å². The topological polar surface area (TPSA) is 83.5 Å². The average molecular weight is 195 g/mol. The molecule has 0 fully saturated rings. The molecule has 1 aromatic carbocycles. The van der Waals surface area contributed by atoms with Gasteiger partial charge in [0.2, 0.25) is 0 Å². The van der Waals surface area contributed by atoms with Gasteiger partial charge in [0, 0.05) is 5.69 Å². The Morgan fingerprint density at radius 1 is 1.57 bits per heavy atom. The monoisotopic (exact) mass is 195 g/mol. The fourth-order valence-corrected chi connectivity index (χ4v) is 1.34. The molecule has 0 heterocycles. The zero-order valence-electron chi connectivity index (χ0n) is 7.90. The number of carboxylic acids is 1. The second-order valence-corrected chi connectivity index (χ2v) is 3.32. The number of carbonyl (C=O) groups is 1. The summed E-state index contributed by atoms with van der Waals surface area (Å²) in [5.41, 5.74) is 6.64. The quantitative estimate of drug-likeness (QED) is 0.504. The molecule has 14 heavy (non-hydrogen) atoms. The van der Waals surface area contributed by atoms with E-state index in [2.05, 4.69) is 0 Å². The molecule has 1 atom stereocenters. The molecule has 0 amide bonds. The Labute approximate surface area is 82.0 Å². The number of hydrogen-bond donors (Lipinski definition) is 3. The van der Waals surface area contributed by atoms with Crippen molar-refractivity contribution in [2.24, 2.45) is 0 Å². The molecule has 1 unspecified atom stereocenters. The van der Waals surface area contributed by atoms with E-state index >= 15 is 0 Å². The Kier molecular flexibility index (Phi) is 2.96. The van der Waals surface area contributed by atoms with Crippen molar-refractivity contribution < 1.29 is 15.0 Å². The fourth-order valence-electron chi connectivity index (χ4n) is 1.34. The summed E-state index contributed by atoms with van der Waals surface area (Å²) in [5.74, 6) is -1.04. The molecular formula is C10H13NO3. The van der Waals surface area contributed by atoms with Gasteiger partial charge < -0.3 is 15.9 Å². The molecule has 0 bridgehead atoms. The van der Waals surface area contributed by atoms with Gasteiger partial charge in [0.1, 0.15) is 5.75 Å². The van der Waals surface area contributed by atoms with E-state index in [1.165, 1.54) is 6.07 Å². The third kappa shape index (κ3) is 2.39. The smallest absolute Gasteiger partial charge is 0.303 e. The molecular weight excluding hydrogens is 182 g/mol. The number of nitrogen functional groups attached to an aromatic ring is 1. The van der Waals surface area contributed by atoms with Crippen molar-refractivity contribution in [3.8, 4) is 5.75 Å². The highest BCUT2D eigenvalue weighted by Gasteiger charge is 2.13. The molecule has 0 aliphatic rings. The van der Waals surface area contributed by atoms with E-state index in [-0.39, 0.29) is 18.1 Å². The molecule has 4 N–H and O–H groups in total. The molecule has 4 nitrogen and oxygen atoms in total. The molecule has 1 aromatic rings. The highest BCUT2D eigenvalue weighted by molar-refractivity contribution is 5.68. The normalized spacial score (nSPS) is 12.4. The largest absolute Gasteiger partial charge is 0.508 e. The first-order chi connectivity index (χ1) is 6.50. The van der Waals surface area contributed by atoms with E-state index < -0.39 is 5.97 Å². The van der Waals surface area contributed by atoms with Gasteiger partial charge in [-0.15, -0.1) is 0 Å². The lowest BCUT2D eigenvalue weighted by atomic mass is 9.96. The molecule has 76 valence electrons. The zero-order chi connectivity index (χ0) is 10.7. The lowest BCUT2D eigenvalue weighted by molar-refractivity contribution is -0.137. The van der Waals surface area contributed by atoms with E-state index in [0.717, 1.165) is 0 Å². The maximum Gasteiger partial charge on any atom is 0.303 e. The summed E-state index contributed by atoms with van der Waals surface area (Å²) in [6.07, 6.45) is -0.0169. The van der Waals surface area contributed by atoms with Crippen molar-refractivity contribution in [1.29, 1.82) is 0 Å². The fraction of sp³-hybridized carbons (Fsp3) is 0.300. The van der Waals surface area contributed by atoms with Crippen LogP contribution in [0.2, 0.25) is 0 Å². The zero-order valence-corrected chi connectivity index (χ0v) is 7.90. The highest BCUT2D eigenvalue weighted by atomic mass is 16.4. The van der Waals surface area contributed by atoms with Crippen LogP contribution in [0.15, 0.2) is 18.2 Å². The molecule has 0 saturated heterocycles. The first kappa shape index (κ1) is 10.4. The van der Waals surface area contributed by atoms with Crippen LogP contribution in [-0.2, 0) is 4.79 Å². The number of carboxylic acid groups (broad SMARTS) is 1. The third-order valence-corrected chi connectivity index (χ3v) is 2.06. The molecule has 0 aliphatic heterocycles. The Morgan fingerprint density at radius 2 is 2.21 bits per heavy atom. The summed E-state index contributed by atoms with van der Waals surface area (Å²) in [7, 11) is 0. The summed E-state index contributed by atoms with van der Waals surface area (Å²) in [6, 6.07) is 4.65. The summed E-state index contributed by atoms with van der Waals surface area (Å²) in [4.78, 5) is 10.5. The molecule has 0 aliphatic carbocycles. The van der Waals surface area contributed by atoms with E-state index in [0.29, 0.717) is 11.3 Å². The maximum atomic E-state index is 10.5. The van der Waals surface area contributed by atoms with Crippen molar-refractivity contribution >= 4 is 11.7 Å². The van der Waals surface area contributed by atoms with E-state index in [1.54, 1.807) is 19.1 Å². The van der Waals surface area contributed by atoms with Crippen molar-refractivity contribution in [3.05, 3.63) is 23.8 Å². The maximum absolute atomic E-state index is 10.5. The second kappa shape index (κ2) is 4.00. The minimum atomic E-state index is -0.890. The Bertz CT molecular complexity index is 349. The predicted octanol–water partition coefficient (Wildman–Crippen LogP) is 1.55. The van der Waals surface area contributed by atoms with Gasteiger partial charge in [-0.25, -0.2) is 0 Å². The first-order valence-electron chi connectivity index (χ1n) is 4.31. The van der Waals surface area contributed by atoms with Gasteiger partial charge >= 0.3 is 5.97 Å². The van der Waals surface area contributed by atoms with Crippen LogP contribution < -0.4 is 5.73 Å². The number of aliphatic carboxylic acids is 1. The van der Waals surface area contributed by atoms with Gasteiger partial charge in [-0.2, -0.15) is 0 Å². The van der Waals surface area contributed by atoms with E-state index in [4.69, 9.17) is 10.8 Å². The van der Waals surface area contributed by atoms with Gasteiger partial charge in [-0.05, 0) is 29.7 Å². The number of hydrogen-bond acceptors (Lipinski definition) is 3. The van der Waals surface area contributed by atoms with Crippen molar-refractivity contribution in [2.45, 2.75) is 19.3 Å². The number of aromatic hydroxyl groups is 1. The van der Waals surface area contributed by atoms with Crippen LogP contribution in [0, 0.1) is 0 Å². The van der Waals surface area contributed by atoms with Crippen LogP contribution in [-0.4, -0.2) is 16.2 Å². The summed E-state index contributed by atoms with van der Waals surface area (Å²) < 4.78 is 0. The van der Waals surface area contributed by atoms with Crippen molar-refractivity contribution in [1.82, 2.24) is 0 Å². The van der Waals surface area contributed by atoms with Crippen LogP contribution in [0.1, 0.15) is 24.8 Å². The molecule has 0 radical (unpaired) electrons.